The molecule has 7 nitrogen and oxygen atoms in total. The number of amides is 1. The van der Waals surface area contributed by atoms with Gasteiger partial charge in [0.25, 0.3) is 0 Å². The maximum absolute atomic E-state index is 11.3. The van der Waals surface area contributed by atoms with Gasteiger partial charge in [0.15, 0.2) is 6.29 Å². The lowest BCUT2D eigenvalue weighted by molar-refractivity contribution is -0.276. The molecule has 3 aromatic rings. The van der Waals surface area contributed by atoms with Crippen molar-refractivity contribution < 1.29 is 24.5 Å². The summed E-state index contributed by atoms with van der Waals surface area (Å²) in [5.74, 6) is 0.0518. The van der Waals surface area contributed by atoms with E-state index in [1.165, 1.54) is 6.92 Å². The number of rotatable bonds is 9. The molecule has 2 aliphatic heterocycles. The minimum Gasteiger partial charge on any atom is -0.395 e. The van der Waals surface area contributed by atoms with Crippen molar-refractivity contribution in [2.45, 2.75) is 64.4 Å². The smallest absolute Gasteiger partial charge is 0.217 e. The largest absolute Gasteiger partial charge is 0.395 e. The van der Waals surface area contributed by atoms with E-state index >= 15 is 0 Å². The van der Waals surface area contributed by atoms with E-state index in [2.05, 4.69) is 53.5 Å². The zero-order valence-corrected chi connectivity index (χ0v) is 23.3. The first kappa shape index (κ1) is 28.5. The van der Waals surface area contributed by atoms with E-state index in [0.717, 1.165) is 59.3 Å². The van der Waals surface area contributed by atoms with Crippen molar-refractivity contribution in [1.82, 2.24) is 10.2 Å². The van der Waals surface area contributed by atoms with Gasteiger partial charge in [-0.3, -0.25) is 9.69 Å². The molecule has 2 saturated heterocycles. The van der Waals surface area contributed by atoms with E-state index in [0.29, 0.717) is 6.54 Å². The van der Waals surface area contributed by atoms with Crippen LogP contribution in [0, 0.1) is 5.92 Å². The van der Waals surface area contributed by atoms with Gasteiger partial charge in [0.05, 0.1) is 25.4 Å². The lowest BCUT2D eigenvalue weighted by atomic mass is 9.89. The lowest BCUT2D eigenvalue weighted by Gasteiger charge is -2.43. The minimum atomic E-state index is -0.529. The van der Waals surface area contributed by atoms with Crippen LogP contribution in [0.3, 0.4) is 0 Å². The molecule has 5 atom stereocenters. The average Bonchev–Trinajstić information content (AvgIpc) is 3.44. The normalized spacial score (nSPS) is 25.1. The Balaban J connectivity index is 1.37. The molecule has 3 N–H and O–H groups in total. The van der Waals surface area contributed by atoms with Crippen LogP contribution in [0.5, 0.6) is 0 Å². The van der Waals surface area contributed by atoms with Gasteiger partial charge < -0.3 is 25.0 Å². The fourth-order valence-electron chi connectivity index (χ4n) is 5.82. The number of nitrogens with one attached hydrogen (secondary N) is 1. The number of aliphatic hydroxyl groups excluding tert-OH is 2. The first-order valence-corrected chi connectivity index (χ1v) is 14.2. The first-order chi connectivity index (χ1) is 19.4. The average molecular weight is 545 g/mol. The van der Waals surface area contributed by atoms with Crippen LogP contribution in [0.2, 0.25) is 0 Å². The Labute approximate surface area is 236 Å². The van der Waals surface area contributed by atoms with Gasteiger partial charge in [-0.15, -0.1) is 0 Å². The van der Waals surface area contributed by atoms with E-state index in [4.69, 9.17) is 9.47 Å². The number of hydrogen-bond acceptors (Lipinski definition) is 6. The molecule has 2 heterocycles. The van der Waals surface area contributed by atoms with Crippen LogP contribution < -0.4 is 5.32 Å². The van der Waals surface area contributed by atoms with Crippen LogP contribution in [0.1, 0.15) is 61.3 Å². The molecule has 2 fully saturated rings. The standard InChI is InChI=1S/C33H40N2O5/c1-22-31(19-35-16-4-7-30(35)21-37)39-33(40-32(22)27-10-8-24(20-36)9-11-27)28-14-12-26(13-15-28)29-6-3-5-25(17-29)18-34-23(2)38/h3,5-6,8-15,17,22,30-33,36-37H,4,7,16,18-21H2,1-2H3,(H,34,38)/t22-,30-,31+,32+,33+/m0/s1. The number of nitrogens with zero attached hydrogens (tertiary/aromatic N) is 1. The van der Waals surface area contributed by atoms with Crippen molar-refractivity contribution in [1.29, 1.82) is 0 Å². The Morgan fingerprint density at radius 3 is 2.40 bits per heavy atom. The summed E-state index contributed by atoms with van der Waals surface area (Å²) < 4.78 is 13.2. The third-order valence-corrected chi connectivity index (χ3v) is 8.23. The quantitative estimate of drug-likeness (QED) is 0.361. The topological polar surface area (TPSA) is 91.3 Å². The number of hydrogen-bond donors (Lipinski definition) is 3. The van der Waals surface area contributed by atoms with Gasteiger partial charge >= 0.3 is 0 Å². The molecule has 0 saturated carbocycles. The van der Waals surface area contributed by atoms with Gasteiger partial charge in [-0.2, -0.15) is 0 Å². The number of ether oxygens (including phenoxy) is 2. The molecular weight excluding hydrogens is 504 g/mol. The van der Waals surface area contributed by atoms with Crippen molar-refractivity contribution in [3.05, 3.63) is 95.1 Å². The van der Waals surface area contributed by atoms with Gasteiger partial charge in [0, 0.05) is 37.5 Å². The third kappa shape index (κ3) is 6.62. The SMILES string of the molecule is CC(=O)NCc1cccc(-c2ccc([C@@H]3O[C@H](CN4CCC[C@H]4CO)[C@H](C)[C@H](c4ccc(CO)cc4)O3)cc2)c1. The Morgan fingerprint density at radius 2 is 1.70 bits per heavy atom. The molecule has 0 unspecified atom stereocenters. The lowest BCUT2D eigenvalue weighted by Crippen LogP contribution is -2.46. The highest BCUT2D eigenvalue weighted by Crippen LogP contribution is 2.42. The minimum absolute atomic E-state index is 0.00965. The molecule has 212 valence electrons. The maximum Gasteiger partial charge on any atom is 0.217 e. The summed E-state index contributed by atoms with van der Waals surface area (Å²) >= 11 is 0. The third-order valence-electron chi connectivity index (χ3n) is 8.23. The summed E-state index contributed by atoms with van der Waals surface area (Å²) in [6.07, 6.45) is 1.33. The zero-order valence-electron chi connectivity index (χ0n) is 23.3. The van der Waals surface area contributed by atoms with Crippen molar-refractivity contribution >= 4 is 5.91 Å². The fraction of sp³-hybridized carbons (Fsp3) is 0.424. The predicted molar refractivity (Wildman–Crippen MR) is 154 cm³/mol. The highest BCUT2D eigenvalue weighted by molar-refractivity contribution is 5.73. The summed E-state index contributed by atoms with van der Waals surface area (Å²) in [6.45, 7) is 6.09. The van der Waals surface area contributed by atoms with Crippen molar-refractivity contribution in [2.75, 3.05) is 19.7 Å². The highest BCUT2D eigenvalue weighted by atomic mass is 16.7. The number of benzene rings is 3. The van der Waals surface area contributed by atoms with Gasteiger partial charge in [-0.05, 0) is 53.3 Å². The second kappa shape index (κ2) is 13.1. The van der Waals surface area contributed by atoms with Crippen LogP contribution in [0.4, 0.5) is 0 Å². The molecule has 0 aliphatic carbocycles. The van der Waals surface area contributed by atoms with Gasteiger partial charge in [-0.1, -0.05) is 73.7 Å². The number of carbonyl (C=O) groups is 1. The molecular formula is C33H40N2O5. The first-order valence-electron chi connectivity index (χ1n) is 14.2. The second-order valence-corrected chi connectivity index (χ2v) is 11.0. The molecule has 0 spiro atoms. The van der Waals surface area contributed by atoms with Gasteiger partial charge in [0.2, 0.25) is 5.91 Å². The maximum atomic E-state index is 11.3. The van der Waals surface area contributed by atoms with E-state index in [9.17, 15) is 15.0 Å². The van der Waals surface area contributed by atoms with Gasteiger partial charge in [-0.25, -0.2) is 0 Å². The predicted octanol–water partition coefficient (Wildman–Crippen LogP) is 4.73. The van der Waals surface area contributed by atoms with Crippen LogP contribution in [-0.2, 0) is 27.4 Å². The second-order valence-electron chi connectivity index (χ2n) is 11.0. The number of aliphatic hydroxyl groups is 2. The zero-order chi connectivity index (χ0) is 28.1. The molecule has 0 radical (unpaired) electrons. The van der Waals surface area contributed by atoms with Crippen molar-refractivity contribution in [2.24, 2.45) is 5.92 Å². The number of likely N-dealkylation sites (tertiary alicyclic amines) is 1. The van der Waals surface area contributed by atoms with E-state index in [-0.39, 0.29) is 43.3 Å². The monoisotopic (exact) mass is 544 g/mol. The van der Waals surface area contributed by atoms with E-state index in [1.54, 1.807) is 0 Å². The van der Waals surface area contributed by atoms with Gasteiger partial charge in [0.1, 0.15) is 0 Å². The molecule has 0 bridgehead atoms. The van der Waals surface area contributed by atoms with E-state index in [1.807, 2.05) is 36.4 Å². The Bertz CT molecular complexity index is 1260. The van der Waals surface area contributed by atoms with Crippen molar-refractivity contribution in [3.63, 3.8) is 0 Å². The van der Waals surface area contributed by atoms with E-state index < -0.39 is 6.29 Å². The molecule has 1 amide bonds. The molecule has 5 rings (SSSR count). The van der Waals surface area contributed by atoms with Crippen LogP contribution in [0.25, 0.3) is 11.1 Å². The molecule has 0 aromatic heterocycles. The Kier molecular flexibility index (Phi) is 9.29. The molecule has 7 heteroatoms. The highest BCUT2D eigenvalue weighted by Gasteiger charge is 2.40. The molecule has 2 aliphatic rings. The van der Waals surface area contributed by atoms with Crippen molar-refractivity contribution in [3.8, 4) is 11.1 Å². The summed E-state index contributed by atoms with van der Waals surface area (Å²) in [6, 6.07) is 24.6. The Hall–Kier alpha value is -3.07. The van der Waals surface area contributed by atoms with Crippen LogP contribution >= 0.6 is 0 Å². The molecule has 3 aromatic carbocycles. The summed E-state index contributed by atoms with van der Waals surface area (Å²) in [5, 5.41) is 22.2. The summed E-state index contributed by atoms with van der Waals surface area (Å²) in [5.41, 5.74) is 6.09. The molecule has 40 heavy (non-hydrogen) atoms. The fourth-order valence-corrected chi connectivity index (χ4v) is 5.82. The summed E-state index contributed by atoms with van der Waals surface area (Å²) in [7, 11) is 0. The number of carbonyl (C=O) groups excluding carboxylic acids is 1. The van der Waals surface area contributed by atoms with Crippen LogP contribution in [-0.4, -0.2) is 52.9 Å². The van der Waals surface area contributed by atoms with Crippen LogP contribution in [0.15, 0.2) is 72.8 Å². The summed E-state index contributed by atoms with van der Waals surface area (Å²) in [4.78, 5) is 13.7. The Morgan fingerprint density at radius 1 is 0.950 bits per heavy atom.